The fraction of sp³-hybridized carbons (Fsp3) is 0.267. The molecule has 12 heteroatoms. The molecule has 0 saturated carbocycles. The van der Waals surface area contributed by atoms with Gasteiger partial charge < -0.3 is 21.0 Å². The second kappa shape index (κ2) is 7.68. The van der Waals surface area contributed by atoms with Gasteiger partial charge in [-0.2, -0.15) is 0 Å². The Morgan fingerprint density at radius 3 is 3.00 bits per heavy atom. The maximum atomic E-state index is 12.6. The van der Waals surface area contributed by atoms with Crippen molar-refractivity contribution in [3.63, 3.8) is 0 Å². The first kappa shape index (κ1) is 18.7. The number of hydrogen-bond acceptors (Lipinski definition) is 9. The average molecular weight is 407 g/mol. The third-order valence-corrected chi connectivity index (χ3v) is 5.49. The monoisotopic (exact) mass is 407 g/mol. The highest BCUT2D eigenvalue weighted by atomic mass is 32.2. The summed E-state index contributed by atoms with van der Waals surface area (Å²) in [6, 6.07) is -0.889. The Labute approximate surface area is 161 Å². The molecule has 4 N–H and O–H groups in total. The molecule has 2 amide bonds. The number of fused-ring (bicyclic) bond motifs is 1. The van der Waals surface area contributed by atoms with Gasteiger partial charge in [-0.3, -0.25) is 14.5 Å². The van der Waals surface area contributed by atoms with Crippen LogP contribution in [0.15, 0.2) is 22.3 Å². The SMILES string of the molecule is C#CCO/N=C(/C(=O)NC1C(=O)N2C(C(=O)O)=CCSC12)c1csc(N)n1. The Hall–Kier alpha value is -3.04. The molecule has 1 aromatic rings. The number of aliphatic carboxylic acids is 1. The van der Waals surface area contributed by atoms with E-state index in [0.29, 0.717) is 5.75 Å². The second-order valence-electron chi connectivity index (χ2n) is 5.27. The van der Waals surface area contributed by atoms with Crippen molar-refractivity contribution < 1.29 is 24.3 Å². The zero-order valence-corrected chi connectivity index (χ0v) is 15.2. The Kier molecular flexibility index (Phi) is 5.33. The molecule has 1 saturated heterocycles. The van der Waals surface area contributed by atoms with Crippen molar-refractivity contribution in [3.8, 4) is 12.3 Å². The Morgan fingerprint density at radius 1 is 1.59 bits per heavy atom. The van der Waals surface area contributed by atoms with Crippen molar-refractivity contribution in [3.05, 3.63) is 22.8 Å². The number of β-lactam (4-membered cyclic amide) rings is 1. The molecule has 10 nitrogen and oxygen atoms in total. The van der Waals surface area contributed by atoms with Gasteiger partial charge in [0.05, 0.1) is 0 Å². The molecule has 0 spiro atoms. The standard InChI is InChI=1S/C15H13N5O5S2/c1-2-4-25-19-9(7-6-27-15(16)17-7)11(21)18-10-12(22)20-8(14(23)24)3-5-26-13(10)20/h1,3,6,10,13H,4-5H2,(H2,16,17)(H,18,21)(H,23,24)/b19-9+. The van der Waals surface area contributed by atoms with Gasteiger partial charge in [0.1, 0.15) is 22.8 Å². The van der Waals surface area contributed by atoms with E-state index in [9.17, 15) is 19.5 Å². The summed E-state index contributed by atoms with van der Waals surface area (Å²) in [7, 11) is 0. The smallest absolute Gasteiger partial charge is 0.352 e. The quantitative estimate of drug-likeness (QED) is 0.187. The first-order valence-corrected chi connectivity index (χ1v) is 9.40. The normalized spacial score (nSPS) is 21.4. The number of oxime groups is 1. The van der Waals surface area contributed by atoms with Gasteiger partial charge in [-0.15, -0.1) is 29.5 Å². The number of carbonyl (C=O) groups is 3. The van der Waals surface area contributed by atoms with E-state index < -0.39 is 29.2 Å². The molecule has 140 valence electrons. The number of terminal acetylenes is 1. The molecular weight excluding hydrogens is 394 g/mol. The van der Waals surface area contributed by atoms with Crippen LogP contribution in [-0.4, -0.2) is 62.3 Å². The number of rotatable bonds is 6. The molecule has 0 aromatic carbocycles. The number of carboxylic acid groups (broad SMARTS) is 1. The van der Waals surface area contributed by atoms with Crippen LogP contribution in [0.25, 0.3) is 0 Å². The molecule has 3 heterocycles. The van der Waals surface area contributed by atoms with E-state index in [1.54, 1.807) is 0 Å². The van der Waals surface area contributed by atoms with Crippen LogP contribution < -0.4 is 11.1 Å². The topological polar surface area (TPSA) is 147 Å². The van der Waals surface area contributed by atoms with Gasteiger partial charge in [-0.25, -0.2) is 9.78 Å². The molecular formula is C15H13N5O5S2. The summed E-state index contributed by atoms with van der Waals surface area (Å²) in [5.41, 5.74) is 5.49. The lowest BCUT2D eigenvalue weighted by Gasteiger charge is -2.48. The number of nitrogens with zero attached hydrogens (tertiary/aromatic N) is 3. The Bertz CT molecular complexity index is 903. The van der Waals surface area contributed by atoms with Gasteiger partial charge in [-0.1, -0.05) is 11.1 Å². The van der Waals surface area contributed by atoms with Crippen LogP contribution in [0.2, 0.25) is 0 Å². The van der Waals surface area contributed by atoms with Gasteiger partial charge in [0.25, 0.3) is 11.8 Å². The molecule has 3 rings (SSSR count). The predicted octanol–water partition coefficient (Wildman–Crippen LogP) is -0.552. The number of aromatic nitrogens is 1. The summed E-state index contributed by atoms with van der Waals surface area (Å²) in [4.78, 5) is 46.2. The fourth-order valence-electron chi connectivity index (χ4n) is 2.48. The van der Waals surface area contributed by atoms with E-state index >= 15 is 0 Å². The molecule has 0 radical (unpaired) electrons. The van der Waals surface area contributed by atoms with Gasteiger partial charge in [0.15, 0.2) is 17.5 Å². The van der Waals surface area contributed by atoms with E-state index in [4.69, 9.17) is 17.0 Å². The molecule has 2 atom stereocenters. The first-order valence-electron chi connectivity index (χ1n) is 7.47. The lowest BCUT2D eigenvalue weighted by molar-refractivity contribution is -0.150. The number of amides is 2. The number of nitrogens with two attached hydrogens (primary N) is 1. The summed E-state index contributed by atoms with van der Waals surface area (Å²) in [5, 5.41) is 16.7. The van der Waals surface area contributed by atoms with Crippen LogP contribution in [0.3, 0.4) is 0 Å². The summed E-state index contributed by atoms with van der Waals surface area (Å²) in [6.45, 7) is -0.155. The van der Waals surface area contributed by atoms with E-state index in [2.05, 4.69) is 21.4 Å². The number of carbonyl (C=O) groups excluding carboxylic acids is 2. The van der Waals surface area contributed by atoms with Crippen LogP contribution in [0.5, 0.6) is 0 Å². The number of nitrogen functional groups attached to an aromatic ring is 1. The number of anilines is 1. The van der Waals surface area contributed by atoms with Gasteiger partial charge in [0.2, 0.25) is 0 Å². The summed E-state index contributed by atoms with van der Waals surface area (Å²) in [5.74, 6) is 0.209. The van der Waals surface area contributed by atoms with Crippen molar-refractivity contribution in [2.24, 2.45) is 5.16 Å². The van der Waals surface area contributed by atoms with Gasteiger partial charge in [-0.05, 0) is 6.08 Å². The lowest BCUT2D eigenvalue weighted by atomic mass is 10.0. The van der Waals surface area contributed by atoms with E-state index in [0.717, 1.165) is 16.2 Å². The first-order chi connectivity index (χ1) is 12.9. The molecule has 1 aromatic heterocycles. The van der Waals surface area contributed by atoms with Crippen molar-refractivity contribution in [1.82, 2.24) is 15.2 Å². The highest BCUT2D eigenvalue weighted by Crippen LogP contribution is 2.37. The second-order valence-corrected chi connectivity index (χ2v) is 7.31. The largest absolute Gasteiger partial charge is 0.477 e. The van der Waals surface area contributed by atoms with Crippen molar-refractivity contribution in [2.45, 2.75) is 11.4 Å². The van der Waals surface area contributed by atoms with Crippen LogP contribution in [-0.2, 0) is 19.2 Å². The lowest BCUT2D eigenvalue weighted by Crippen LogP contribution is -2.70. The van der Waals surface area contributed by atoms with Crippen LogP contribution in [0, 0.1) is 12.3 Å². The molecule has 2 aliphatic rings. The van der Waals surface area contributed by atoms with Crippen LogP contribution in [0.4, 0.5) is 5.13 Å². The third-order valence-electron chi connectivity index (χ3n) is 3.64. The fourth-order valence-corrected chi connectivity index (χ4v) is 4.23. The third kappa shape index (κ3) is 3.60. The number of hydrogen-bond donors (Lipinski definition) is 3. The Balaban J connectivity index is 1.76. The minimum absolute atomic E-state index is 0.0900. The maximum absolute atomic E-state index is 12.6. The van der Waals surface area contributed by atoms with E-state index in [1.165, 1.54) is 23.2 Å². The van der Waals surface area contributed by atoms with Crippen molar-refractivity contribution in [2.75, 3.05) is 18.1 Å². The highest BCUT2D eigenvalue weighted by Gasteiger charge is 2.53. The molecule has 1 fully saturated rings. The molecule has 27 heavy (non-hydrogen) atoms. The van der Waals surface area contributed by atoms with Crippen LogP contribution in [0.1, 0.15) is 5.69 Å². The van der Waals surface area contributed by atoms with Crippen LogP contribution >= 0.6 is 23.1 Å². The minimum Gasteiger partial charge on any atom is -0.477 e. The maximum Gasteiger partial charge on any atom is 0.352 e. The molecule has 0 bridgehead atoms. The number of thiazole rings is 1. The van der Waals surface area contributed by atoms with E-state index in [1.807, 2.05) is 0 Å². The number of carboxylic acids is 1. The number of thioether (sulfide) groups is 1. The molecule has 2 aliphatic heterocycles. The number of nitrogens with one attached hydrogen (secondary N) is 1. The summed E-state index contributed by atoms with van der Waals surface area (Å²) >= 11 is 2.45. The summed E-state index contributed by atoms with van der Waals surface area (Å²) in [6.07, 6.45) is 6.55. The Morgan fingerprint density at radius 2 is 2.37 bits per heavy atom. The van der Waals surface area contributed by atoms with E-state index in [-0.39, 0.29) is 28.8 Å². The average Bonchev–Trinajstić information content (AvgIpc) is 3.08. The van der Waals surface area contributed by atoms with Crippen molar-refractivity contribution >= 4 is 51.7 Å². The zero-order valence-electron chi connectivity index (χ0n) is 13.6. The van der Waals surface area contributed by atoms with Crippen molar-refractivity contribution in [1.29, 1.82) is 0 Å². The van der Waals surface area contributed by atoms with Gasteiger partial charge in [0, 0.05) is 11.1 Å². The highest BCUT2D eigenvalue weighted by molar-refractivity contribution is 8.00. The molecule has 0 aliphatic carbocycles. The predicted molar refractivity (Wildman–Crippen MR) is 98.6 cm³/mol. The zero-order chi connectivity index (χ0) is 19.6. The minimum atomic E-state index is -1.19. The van der Waals surface area contributed by atoms with Gasteiger partial charge >= 0.3 is 5.97 Å². The summed E-state index contributed by atoms with van der Waals surface area (Å²) < 4.78 is 0. The molecule has 2 unspecified atom stereocenters.